The monoisotopic (exact) mass is 168 g/mol. The summed E-state index contributed by atoms with van der Waals surface area (Å²) in [6.07, 6.45) is 8.58. The molecule has 1 saturated carbocycles. The van der Waals surface area contributed by atoms with Crippen molar-refractivity contribution in [1.82, 2.24) is 0 Å². The van der Waals surface area contributed by atoms with Gasteiger partial charge in [-0.1, -0.05) is 53.4 Å². The Balaban J connectivity index is 2.52. The van der Waals surface area contributed by atoms with E-state index in [2.05, 4.69) is 27.7 Å². The van der Waals surface area contributed by atoms with E-state index in [1.807, 2.05) is 0 Å². The van der Waals surface area contributed by atoms with Gasteiger partial charge in [-0.2, -0.15) is 0 Å². The summed E-state index contributed by atoms with van der Waals surface area (Å²) in [6, 6.07) is 0. The van der Waals surface area contributed by atoms with Crippen LogP contribution in [0.1, 0.15) is 66.2 Å². The third-order valence-electron chi connectivity index (χ3n) is 4.50. The van der Waals surface area contributed by atoms with Crippen LogP contribution < -0.4 is 0 Å². The van der Waals surface area contributed by atoms with Crippen LogP contribution in [0, 0.1) is 10.8 Å². The van der Waals surface area contributed by atoms with Crippen molar-refractivity contribution in [1.29, 1.82) is 0 Å². The van der Waals surface area contributed by atoms with E-state index >= 15 is 0 Å². The molecule has 0 amide bonds. The van der Waals surface area contributed by atoms with Crippen LogP contribution in [-0.4, -0.2) is 0 Å². The number of hydrogen-bond donors (Lipinski definition) is 0. The van der Waals surface area contributed by atoms with Gasteiger partial charge in [0, 0.05) is 0 Å². The normalized spacial score (nSPS) is 25.0. The highest BCUT2D eigenvalue weighted by molar-refractivity contribution is 5.00. The molecule has 0 bridgehead atoms. The first-order chi connectivity index (χ1) is 5.66. The lowest BCUT2D eigenvalue weighted by Gasteiger charge is -2.56. The maximum Gasteiger partial charge on any atom is -0.0292 e. The van der Waals surface area contributed by atoms with Crippen LogP contribution in [0.25, 0.3) is 0 Å². The minimum atomic E-state index is 0.742. The second-order valence-electron chi connectivity index (χ2n) is 4.77. The molecule has 0 N–H and O–H groups in total. The molecule has 12 heavy (non-hydrogen) atoms. The lowest BCUT2D eigenvalue weighted by molar-refractivity contribution is -0.0527. The molecule has 0 heteroatoms. The van der Waals surface area contributed by atoms with Crippen LogP contribution in [0.2, 0.25) is 0 Å². The van der Waals surface area contributed by atoms with Gasteiger partial charge in [0.15, 0.2) is 0 Å². The van der Waals surface area contributed by atoms with Crippen LogP contribution >= 0.6 is 0 Å². The molecule has 0 aromatic carbocycles. The Hall–Kier alpha value is 0. The molecule has 0 atom stereocenters. The van der Waals surface area contributed by atoms with Gasteiger partial charge in [-0.25, -0.2) is 0 Å². The van der Waals surface area contributed by atoms with Gasteiger partial charge in [-0.15, -0.1) is 0 Å². The smallest absolute Gasteiger partial charge is 0.0292 e. The minimum Gasteiger partial charge on any atom is -0.0649 e. The summed E-state index contributed by atoms with van der Waals surface area (Å²) in [5, 5.41) is 0. The fourth-order valence-electron chi connectivity index (χ4n) is 3.04. The van der Waals surface area contributed by atoms with Gasteiger partial charge in [0.1, 0.15) is 0 Å². The Morgan fingerprint density at radius 1 is 0.667 bits per heavy atom. The maximum atomic E-state index is 2.36. The second kappa shape index (κ2) is 3.40. The molecule has 0 spiro atoms. The van der Waals surface area contributed by atoms with Crippen LogP contribution in [0.3, 0.4) is 0 Å². The SMILES string of the molecule is CCC1(CC)CC(CC)(CC)C1. The summed E-state index contributed by atoms with van der Waals surface area (Å²) in [6.45, 7) is 9.44. The third kappa shape index (κ3) is 1.41. The van der Waals surface area contributed by atoms with Crippen molar-refractivity contribution in [3.8, 4) is 0 Å². The highest BCUT2D eigenvalue weighted by Gasteiger charge is 2.49. The second-order valence-corrected chi connectivity index (χ2v) is 4.77. The van der Waals surface area contributed by atoms with E-state index in [-0.39, 0.29) is 0 Å². The summed E-state index contributed by atoms with van der Waals surface area (Å²) in [5.74, 6) is 0. The quantitative estimate of drug-likeness (QED) is 0.584. The summed E-state index contributed by atoms with van der Waals surface area (Å²) in [5.41, 5.74) is 1.48. The van der Waals surface area contributed by atoms with Crippen LogP contribution in [-0.2, 0) is 0 Å². The van der Waals surface area contributed by atoms with E-state index < -0.39 is 0 Å². The van der Waals surface area contributed by atoms with E-state index in [1.165, 1.54) is 38.5 Å². The van der Waals surface area contributed by atoms with E-state index in [0.29, 0.717) is 0 Å². The highest BCUT2D eigenvalue weighted by atomic mass is 14.5. The van der Waals surface area contributed by atoms with Gasteiger partial charge in [0.2, 0.25) is 0 Å². The lowest BCUT2D eigenvalue weighted by Crippen LogP contribution is -2.45. The zero-order valence-electron chi connectivity index (χ0n) is 9.24. The van der Waals surface area contributed by atoms with Crippen LogP contribution in [0.5, 0.6) is 0 Å². The molecule has 0 aliphatic heterocycles. The van der Waals surface area contributed by atoms with E-state index in [9.17, 15) is 0 Å². The number of hydrogen-bond acceptors (Lipinski definition) is 0. The van der Waals surface area contributed by atoms with Crippen molar-refractivity contribution in [2.45, 2.75) is 66.2 Å². The predicted molar refractivity (Wildman–Crippen MR) is 55.3 cm³/mol. The molecule has 0 heterocycles. The van der Waals surface area contributed by atoms with Gasteiger partial charge < -0.3 is 0 Å². The fraction of sp³-hybridized carbons (Fsp3) is 1.00. The Bertz CT molecular complexity index is 112. The molecule has 1 aliphatic rings. The molecule has 0 unspecified atom stereocenters. The molecule has 0 nitrogen and oxygen atoms in total. The molecule has 1 fully saturated rings. The van der Waals surface area contributed by atoms with Crippen molar-refractivity contribution in [3.63, 3.8) is 0 Å². The molecule has 0 saturated heterocycles. The van der Waals surface area contributed by atoms with Crippen LogP contribution in [0.4, 0.5) is 0 Å². The van der Waals surface area contributed by atoms with Crippen molar-refractivity contribution in [3.05, 3.63) is 0 Å². The summed E-state index contributed by atoms with van der Waals surface area (Å²) < 4.78 is 0. The largest absolute Gasteiger partial charge is 0.0649 e. The first-order valence-electron chi connectivity index (χ1n) is 5.66. The Morgan fingerprint density at radius 2 is 0.917 bits per heavy atom. The molecule has 0 aromatic rings. The summed E-state index contributed by atoms with van der Waals surface area (Å²) in [7, 11) is 0. The first kappa shape index (κ1) is 10.1. The van der Waals surface area contributed by atoms with E-state index in [1.54, 1.807) is 0 Å². The van der Waals surface area contributed by atoms with Crippen molar-refractivity contribution in [2.75, 3.05) is 0 Å². The zero-order valence-corrected chi connectivity index (χ0v) is 9.24. The highest BCUT2D eigenvalue weighted by Crippen LogP contribution is 2.61. The minimum absolute atomic E-state index is 0.742. The molecule has 1 rings (SSSR count). The summed E-state index contributed by atoms with van der Waals surface area (Å²) >= 11 is 0. The average Bonchev–Trinajstić information content (AvgIpc) is 2.07. The van der Waals surface area contributed by atoms with Gasteiger partial charge >= 0.3 is 0 Å². The average molecular weight is 168 g/mol. The van der Waals surface area contributed by atoms with E-state index in [0.717, 1.165) is 10.8 Å². The van der Waals surface area contributed by atoms with Crippen molar-refractivity contribution in [2.24, 2.45) is 10.8 Å². The Kier molecular flexibility index (Phi) is 2.85. The van der Waals surface area contributed by atoms with Crippen molar-refractivity contribution < 1.29 is 0 Å². The van der Waals surface area contributed by atoms with Gasteiger partial charge in [0.25, 0.3) is 0 Å². The first-order valence-corrected chi connectivity index (χ1v) is 5.66. The maximum absolute atomic E-state index is 2.36. The van der Waals surface area contributed by atoms with E-state index in [4.69, 9.17) is 0 Å². The van der Waals surface area contributed by atoms with Gasteiger partial charge in [-0.05, 0) is 23.7 Å². The molecule has 72 valence electrons. The van der Waals surface area contributed by atoms with Crippen molar-refractivity contribution >= 4 is 0 Å². The van der Waals surface area contributed by atoms with Gasteiger partial charge in [-0.3, -0.25) is 0 Å². The fourth-order valence-corrected chi connectivity index (χ4v) is 3.04. The summed E-state index contributed by atoms with van der Waals surface area (Å²) in [4.78, 5) is 0. The molecular weight excluding hydrogens is 144 g/mol. The Morgan fingerprint density at radius 3 is 1.08 bits per heavy atom. The Labute approximate surface area is 77.7 Å². The molecule has 0 aromatic heterocycles. The molecule has 1 aliphatic carbocycles. The lowest BCUT2D eigenvalue weighted by atomic mass is 9.49. The topological polar surface area (TPSA) is 0 Å². The zero-order chi connectivity index (χ0) is 9.24. The molecule has 0 radical (unpaired) electrons. The standard InChI is InChI=1S/C12H24/c1-5-11(6-2)9-12(7-3,8-4)10-11/h5-10H2,1-4H3. The third-order valence-corrected chi connectivity index (χ3v) is 4.50. The number of rotatable bonds is 4. The van der Waals surface area contributed by atoms with Gasteiger partial charge in [0.05, 0.1) is 0 Å². The molecular formula is C12H24. The predicted octanol–water partition coefficient (Wildman–Crippen LogP) is 4.39. The van der Waals surface area contributed by atoms with Crippen LogP contribution in [0.15, 0.2) is 0 Å².